The minimum absolute atomic E-state index is 0.0237. The molecule has 6 heteroatoms. The van der Waals surface area contributed by atoms with Gasteiger partial charge in [0.05, 0.1) is 0 Å². The first kappa shape index (κ1) is 15.6. The quantitative estimate of drug-likeness (QED) is 0.938. The normalized spacial score (nSPS) is 17.3. The minimum Gasteiger partial charge on any atom is -0.334 e. The van der Waals surface area contributed by atoms with Crippen LogP contribution in [0.25, 0.3) is 0 Å². The summed E-state index contributed by atoms with van der Waals surface area (Å²) in [5.41, 5.74) is 1.95. The first-order valence-electron chi connectivity index (χ1n) is 7.55. The minimum atomic E-state index is -0.405. The second-order valence-electron chi connectivity index (χ2n) is 5.53. The largest absolute Gasteiger partial charge is 0.334 e. The van der Waals surface area contributed by atoms with E-state index in [0.717, 1.165) is 11.3 Å². The van der Waals surface area contributed by atoms with Gasteiger partial charge >= 0.3 is 6.03 Å². The molecule has 5 nitrogen and oxygen atoms in total. The highest BCUT2D eigenvalue weighted by Crippen LogP contribution is 2.23. The molecule has 3 amide bonds. The SMILES string of the molecule is CN(C(=O)NCc1ccsc1)[C@H]1CCN(c2ccccc2)C1=O. The molecule has 1 atom stereocenters. The third kappa shape index (κ3) is 3.37. The van der Waals surface area contributed by atoms with Crippen LogP contribution in [-0.2, 0) is 11.3 Å². The zero-order valence-corrected chi connectivity index (χ0v) is 13.8. The zero-order chi connectivity index (χ0) is 16.2. The smallest absolute Gasteiger partial charge is 0.318 e. The maximum atomic E-state index is 12.6. The van der Waals surface area contributed by atoms with E-state index in [1.807, 2.05) is 47.2 Å². The number of para-hydroxylation sites is 1. The van der Waals surface area contributed by atoms with E-state index in [-0.39, 0.29) is 11.9 Å². The Kier molecular flexibility index (Phi) is 4.62. The van der Waals surface area contributed by atoms with E-state index in [0.29, 0.717) is 19.5 Å². The molecule has 2 aromatic rings. The molecule has 1 N–H and O–H groups in total. The molecule has 2 heterocycles. The molecular formula is C17H19N3O2S. The van der Waals surface area contributed by atoms with Gasteiger partial charge in [-0.15, -0.1) is 0 Å². The molecule has 23 heavy (non-hydrogen) atoms. The van der Waals surface area contributed by atoms with E-state index < -0.39 is 6.04 Å². The fourth-order valence-corrected chi connectivity index (χ4v) is 3.39. The van der Waals surface area contributed by atoms with E-state index >= 15 is 0 Å². The van der Waals surface area contributed by atoms with Gasteiger partial charge in [0.15, 0.2) is 0 Å². The third-order valence-corrected chi connectivity index (χ3v) is 4.79. The summed E-state index contributed by atoms with van der Waals surface area (Å²) in [7, 11) is 1.68. The number of carbonyl (C=O) groups excluding carboxylic acids is 2. The van der Waals surface area contributed by atoms with Crippen molar-refractivity contribution >= 4 is 29.0 Å². The lowest BCUT2D eigenvalue weighted by molar-refractivity contribution is -0.120. The summed E-state index contributed by atoms with van der Waals surface area (Å²) in [6, 6.07) is 10.9. The Labute approximate surface area is 139 Å². The monoisotopic (exact) mass is 329 g/mol. The molecule has 1 aromatic heterocycles. The van der Waals surface area contributed by atoms with E-state index in [2.05, 4.69) is 5.32 Å². The highest BCUT2D eigenvalue weighted by Gasteiger charge is 2.37. The molecule has 0 bridgehead atoms. The zero-order valence-electron chi connectivity index (χ0n) is 12.9. The first-order valence-corrected chi connectivity index (χ1v) is 8.49. The van der Waals surface area contributed by atoms with Gasteiger partial charge in [0.1, 0.15) is 6.04 Å². The second kappa shape index (κ2) is 6.83. The van der Waals surface area contributed by atoms with Crippen molar-refractivity contribution in [2.45, 2.75) is 19.0 Å². The van der Waals surface area contributed by atoms with E-state index in [1.54, 1.807) is 23.3 Å². The van der Waals surface area contributed by atoms with Crippen LogP contribution in [0.15, 0.2) is 47.2 Å². The number of nitrogens with one attached hydrogen (secondary N) is 1. The van der Waals surface area contributed by atoms with Crippen LogP contribution in [-0.4, -0.2) is 36.5 Å². The maximum Gasteiger partial charge on any atom is 0.318 e. The van der Waals surface area contributed by atoms with Crippen molar-refractivity contribution in [3.05, 3.63) is 52.7 Å². The Morgan fingerprint density at radius 2 is 2.13 bits per heavy atom. The van der Waals surface area contributed by atoms with Crippen LogP contribution in [0.4, 0.5) is 10.5 Å². The molecule has 1 fully saturated rings. The number of amides is 3. The number of benzene rings is 1. The number of carbonyl (C=O) groups is 2. The lowest BCUT2D eigenvalue weighted by atomic mass is 10.2. The van der Waals surface area contributed by atoms with Gasteiger partial charge < -0.3 is 15.1 Å². The van der Waals surface area contributed by atoms with Crippen LogP contribution >= 0.6 is 11.3 Å². The molecule has 0 saturated carbocycles. The van der Waals surface area contributed by atoms with Gasteiger partial charge in [0, 0.05) is 25.8 Å². The average Bonchev–Trinajstić information content (AvgIpc) is 3.22. The van der Waals surface area contributed by atoms with Crippen molar-refractivity contribution < 1.29 is 9.59 Å². The van der Waals surface area contributed by atoms with Gasteiger partial charge in [0.25, 0.3) is 0 Å². The molecule has 3 rings (SSSR count). The summed E-state index contributed by atoms with van der Waals surface area (Å²) in [5, 5.41) is 6.83. The van der Waals surface area contributed by atoms with E-state index in [9.17, 15) is 9.59 Å². The standard InChI is InChI=1S/C17H19N3O2S/c1-19(17(22)18-11-13-8-10-23-12-13)15-7-9-20(16(15)21)14-5-3-2-4-6-14/h2-6,8,10,12,15H,7,9,11H2,1H3,(H,18,22)/t15-/m0/s1. The molecule has 1 aliphatic rings. The van der Waals surface area contributed by atoms with Crippen LogP contribution in [0.5, 0.6) is 0 Å². The number of anilines is 1. The molecule has 1 aliphatic heterocycles. The summed E-state index contributed by atoms with van der Waals surface area (Å²) in [6.07, 6.45) is 0.649. The number of hydrogen-bond acceptors (Lipinski definition) is 3. The van der Waals surface area contributed by atoms with Crippen LogP contribution in [0.1, 0.15) is 12.0 Å². The first-order chi connectivity index (χ1) is 11.2. The molecule has 1 aromatic carbocycles. The molecule has 0 spiro atoms. The van der Waals surface area contributed by atoms with Crippen molar-refractivity contribution in [1.82, 2.24) is 10.2 Å². The number of rotatable bonds is 4. The lowest BCUT2D eigenvalue weighted by Crippen LogP contribution is -2.47. The Morgan fingerprint density at radius 1 is 1.35 bits per heavy atom. The Hall–Kier alpha value is -2.34. The number of likely N-dealkylation sites (N-methyl/N-ethyl adjacent to an activating group) is 1. The van der Waals surface area contributed by atoms with Crippen LogP contribution in [0.2, 0.25) is 0 Å². The van der Waals surface area contributed by atoms with Gasteiger partial charge in [-0.25, -0.2) is 4.79 Å². The van der Waals surface area contributed by atoms with Crippen molar-refractivity contribution in [2.24, 2.45) is 0 Å². The molecule has 0 aliphatic carbocycles. The molecular weight excluding hydrogens is 310 g/mol. The van der Waals surface area contributed by atoms with Crippen LogP contribution in [0, 0.1) is 0 Å². The maximum absolute atomic E-state index is 12.6. The van der Waals surface area contributed by atoms with Crippen molar-refractivity contribution in [2.75, 3.05) is 18.5 Å². The van der Waals surface area contributed by atoms with Crippen molar-refractivity contribution in [1.29, 1.82) is 0 Å². The molecule has 120 valence electrons. The molecule has 1 saturated heterocycles. The Bertz CT molecular complexity index is 672. The third-order valence-electron chi connectivity index (χ3n) is 4.06. The summed E-state index contributed by atoms with van der Waals surface area (Å²) in [4.78, 5) is 28.1. The number of nitrogens with zero attached hydrogens (tertiary/aromatic N) is 2. The number of thiophene rings is 1. The predicted octanol–water partition coefficient (Wildman–Crippen LogP) is 2.70. The Balaban J connectivity index is 1.60. The number of hydrogen-bond donors (Lipinski definition) is 1. The highest BCUT2D eigenvalue weighted by molar-refractivity contribution is 7.07. The summed E-state index contributed by atoms with van der Waals surface area (Å²) in [6.45, 7) is 1.12. The average molecular weight is 329 g/mol. The summed E-state index contributed by atoms with van der Waals surface area (Å²) in [5.74, 6) is -0.0237. The second-order valence-corrected chi connectivity index (χ2v) is 6.31. The fourth-order valence-electron chi connectivity index (χ4n) is 2.73. The lowest BCUT2D eigenvalue weighted by Gasteiger charge is -2.24. The van der Waals surface area contributed by atoms with Crippen LogP contribution in [0.3, 0.4) is 0 Å². The van der Waals surface area contributed by atoms with Gasteiger partial charge in [-0.05, 0) is 40.9 Å². The van der Waals surface area contributed by atoms with Crippen molar-refractivity contribution in [3.8, 4) is 0 Å². The number of urea groups is 1. The Morgan fingerprint density at radius 3 is 2.83 bits per heavy atom. The highest BCUT2D eigenvalue weighted by atomic mass is 32.1. The van der Waals surface area contributed by atoms with E-state index in [4.69, 9.17) is 0 Å². The van der Waals surface area contributed by atoms with Gasteiger partial charge in [-0.1, -0.05) is 18.2 Å². The topological polar surface area (TPSA) is 52.7 Å². The fraction of sp³-hybridized carbons (Fsp3) is 0.294. The van der Waals surface area contributed by atoms with Crippen LogP contribution < -0.4 is 10.2 Å². The van der Waals surface area contributed by atoms with E-state index in [1.165, 1.54) is 4.90 Å². The van der Waals surface area contributed by atoms with Crippen molar-refractivity contribution in [3.63, 3.8) is 0 Å². The van der Waals surface area contributed by atoms with Gasteiger partial charge in [-0.2, -0.15) is 11.3 Å². The van der Waals surface area contributed by atoms with Gasteiger partial charge in [-0.3, -0.25) is 4.79 Å². The summed E-state index contributed by atoms with van der Waals surface area (Å²) >= 11 is 1.60. The molecule has 0 radical (unpaired) electrons. The predicted molar refractivity (Wildman–Crippen MR) is 91.5 cm³/mol. The summed E-state index contributed by atoms with van der Waals surface area (Å²) < 4.78 is 0. The molecule has 0 unspecified atom stereocenters. The van der Waals surface area contributed by atoms with Gasteiger partial charge in [0.2, 0.25) is 5.91 Å².